The van der Waals surface area contributed by atoms with Crippen LogP contribution >= 0.6 is 11.6 Å². The van der Waals surface area contributed by atoms with Gasteiger partial charge in [0.15, 0.2) is 0 Å². The zero-order valence-corrected chi connectivity index (χ0v) is 12.3. The highest BCUT2D eigenvalue weighted by Gasteiger charge is 2.26. The lowest BCUT2D eigenvalue weighted by molar-refractivity contribution is 0.0142. The summed E-state index contributed by atoms with van der Waals surface area (Å²) in [4.78, 5) is 12.0. The van der Waals surface area contributed by atoms with E-state index in [1.165, 1.54) is 6.07 Å². The first-order chi connectivity index (χ1) is 8.65. The molecule has 1 amide bonds. The van der Waals surface area contributed by atoms with Gasteiger partial charge in [-0.3, -0.25) is 4.79 Å². The summed E-state index contributed by atoms with van der Waals surface area (Å²) in [5.41, 5.74) is -0.442. The molecule has 0 aliphatic heterocycles. The molecule has 0 aliphatic carbocycles. The Kier molecular flexibility index (Phi) is 4.93. The molecule has 1 aromatic rings. The molecule has 1 aromatic carbocycles. The van der Waals surface area contributed by atoms with E-state index in [2.05, 4.69) is 5.32 Å². The monoisotopic (exact) mass is 287 g/mol. The van der Waals surface area contributed by atoms with Crippen LogP contribution in [0.5, 0.6) is 0 Å². The minimum atomic E-state index is -1.00. The molecular formula is C14H19ClFNO2. The Morgan fingerprint density at radius 1 is 1.53 bits per heavy atom. The normalized spacial score (nSPS) is 14.3. The zero-order valence-electron chi connectivity index (χ0n) is 11.6. The second kappa shape index (κ2) is 5.88. The summed E-state index contributed by atoms with van der Waals surface area (Å²) in [6.45, 7) is 7.04. The Morgan fingerprint density at radius 3 is 2.63 bits per heavy atom. The topological polar surface area (TPSA) is 49.3 Å². The van der Waals surface area contributed by atoms with Crippen molar-refractivity contribution in [2.24, 2.45) is 5.92 Å². The van der Waals surface area contributed by atoms with Gasteiger partial charge in [-0.1, -0.05) is 25.4 Å². The maximum absolute atomic E-state index is 13.2. The van der Waals surface area contributed by atoms with E-state index in [0.717, 1.165) is 6.07 Å². The molecule has 0 saturated carbocycles. The molecule has 0 radical (unpaired) electrons. The number of rotatable bonds is 4. The molecule has 0 heterocycles. The van der Waals surface area contributed by atoms with Crippen molar-refractivity contribution in [3.05, 3.63) is 34.1 Å². The van der Waals surface area contributed by atoms with Gasteiger partial charge >= 0.3 is 0 Å². The Hall–Kier alpha value is -1.13. The predicted molar refractivity (Wildman–Crippen MR) is 73.9 cm³/mol. The van der Waals surface area contributed by atoms with Crippen LogP contribution in [0.1, 0.15) is 36.7 Å². The Morgan fingerprint density at radius 2 is 2.11 bits per heavy atom. The second-order valence-electron chi connectivity index (χ2n) is 5.28. The third kappa shape index (κ3) is 3.91. The smallest absolute Gasteiger partial charge is 0.252 e. The summed E-state index contributed by atoms with van der Waals surface area (Å²) in [5, 5.41) is 12.7. The van der Waals surface area contributed by atoms with Crippen LogP contribution in [-0.4, -0.2) is 23.2 Å². The lowest BCUT2D eigenvalue weighted by atomic mass is 9.92. The van der Waals surface area contributed by atoms with E-state index in [1.54, 1.807) is 13.8 Å². The minimum Gasteiger partial charge on any atom is -0.388 e. The van der Waals surface area contributed by atoms with Crippen molar-refractivity contribution in [2.75, 3.05) is 6.54 Å². The van der Waals surface area contributed by atoms with Gasteiger partial charge in [0.05, 0.1) is 16.2 Å². The molecule has 0 aliphatic rings. The van der Waals surface area contributed by atoms with Crippen molar-refractivity contribution in [1.82, 2.24) is 5.32 Å². The van der Waals surface area contributed by atoms with Gasteiger partial charge < -0.3 is 10.4 Å². The van der Waals surface area contributed by atoms with Crippen LogP contribution in [0.3, 0.4) is 0 Å². The lowest BCUT2D eigenvalue weighted by Crippen LogP contribution is -2.44. The fourth-order valence-electron chi connectivity index (χ4n) is 1.39. The van der Waals surface area contributed by atoms with E-state index in [1.807, 2.05) is 13.8 Å². The highest BCUT2D eigenvalue weighted by atomic mass is 35.5. The summed E-state index contributed by atoms with van der Waals surface area (Å²) in [6.07, 6.45) is 0. The van der Waals surface area contributed by atoms with Crippen molar-refractivity contribution >= 4 is 17.5 Å². The number of carbonyl (C=O) groups is 1. The average Bonchev–Trinajstić information content (AvgIpc) is 2.30. The molecule has 5 heteroatoms. The van der Waals surface area contributed by atoms with Crippen molar-refractivity contribution in [1.29, 1.82) is 0 Å². The summed E-state index contributed by atoms with van der Waals surface area (Å²) >= 11 is 5.85. The van der Waals surface area contributed by atoms with Gasteiger partial charge in [0.25, 0.3) is 5.91 Å². The number of aryl methyl sites for hydroxylation is 1. The quantitative estimate of drug-likeness (QED) is 0.894. The van der Waals surface area contributed by atoms with Crippen LogP contribution in [0.25, 0.3) is 0 Å². The fourth-order valence-corrected chi connectivity index (χ4v) is 1.63. The number of halogens is 2. The first kappa shape index (κ1) is 15.9. The highest BCUT2D eigenvalue weighted by Crippen LogP contribution is 2.21. The van der Waals surface area contributed by atoms with E-state index in [-0.39, 0.29) is 23.0 Å². The Balaban J connectivity index is 2.83. The number of hydrogen-bond acceptors (Lipinski definition) is 2. The van der Waals surface area contributed by atoms with Gasteiger partial charge in [0, 0.05) is 6.54 Å². The maximum atomic E-state index is 13.2. The van der Waals surface area contributed by atoms with E-state index in [4.69, 9.17) is 11.6 Å². The first-order valence-electron chi connectivity index (χ1n) is 6.11. The van der Waals surface area contributed by atoms with Gasteiger partial charge in [-0.05, 0) is 37.5 Å². The summed E-state index contributed by atoms with van der Waals surface area (Å²) in [7, 11) is 0. The number of amides is 1. The molecule has 0 aromatic heterocycles. The fraction of sp³-hybridized carbons (Fsp3) is 0.500. The minimum absolute atomic E-state index is 0.00164. The van der Waals surface area contributed by atoms with Gasteiger partial charge in [0.2, 0.25) is 0 Å². The number of hydrogen-bond donors (Lipinski definition) is 2. The zero-order chi connectivity index (χ0) is 14.8. The molecular weight excluding hydrogens is 269 g/mol. The molecule has 3 nitrogen and oxygen atoms in total. The third-order valence-corrected chi connectivity index (χ3v) is 3.66. The molecule has 0 saturated heterocycles. The van der Waals surface area contributed by atoms with Crippen LogP contribution in [0.4, 0.5) is 4.39 Å². The molecule has 0 bridgehead atoms. The van der Waals surface area contributed by atoms with Gasteiger partial charge in [-0.25, -0.2) is 4.39 Å². The molecule has 19 heavy (non-hydrogen) atoms. The summed E-state index contributed by atoms with van der Waals surface area (Å²) in [6, 6.07) is 2.52. The molecule has 0 fully saturated rings. The van der Waals surface area contributed by atoms with E-state index < -0.39 is 17.3 Å². The van der Waals surface area contributed by atoms with Crippen molar-refractivity contribution in [2.45, 2.75) is 33.3 Å². The van der Waals surface area contributed by atoms with Gasteiger partial charge in [0.1, 0.15) is 5.82 Å². The average molecular weight is 288 g/mol. The predicted octanol–water partition coefficient (Wildman–Crippen LogP) is 2.92. The van der Waals surface area contributed by atoms with Crippen LogP contribution in [0, 0.1) is 18.7 Å². The van der Waals surface area contributed by atoms with Crippen LogP contribution in [0.15, 0.2) is 12.1 Å². The van der Waals surface area contributed by atoms with Crippen LogP contribution < -0.4 is 5.32 Å². The number of aliphatic hydroxyl groups is 1. The summed E-state index contributed by atoms with van der Waals surface area (Å²) < 4.78 is 13.2. The number of nitrogens with one attached hydrogen (secondary N) is 1. The van der Waals surface area contributed by atoms with Crippen LogP contribution in [-0.2, 0) is 0 Å². The summed E-state index contributed by atoms with van der Waals surface area (Å²) in [5.74, 6) is -0.872. The molecule has 1 rings (SSSR count). The Bertz CT molecular complexity index is 487. The molecule has 1 atom stereocenters. The largest absolute Gasteiger partial charge is 0.388 e. The van der Waals surface area contributed by atoms with Crippen LogP contribution in [0.2, 0.25) is 5.02 Å². The van der Waals surface area contributed by atoms with E-state index in [9.17, 15) is 14.3 Å². The standard InChI is InChI=1S/C14H19ClFNO2/c1-8(2)14(4,19)7-17-13(18)10-5-9(3)12(16)6-11(10)15/h5-6,8,19H,7H2,1-4H3,(H,17,18). The molecule has 0 spiro atoms. The third-order valence-electron chi connectivity index (χ3n) is 3.34. The van der Waals surface area contributed by atoms with E-state index >= 15 is 0 Å². The number of carbonyl (C=O) groups excluding carboxylic acids is 1. The lowest BCUT2D eigenvalue weighted by Gasteiger charge is -2.27. The molecule has 2 N–H and O–H groups in total. The van der Waals surface area contributed by atoms with Crippen molar-refractivity contribution < 1.29 is 14.3 Å². The van der Waals surface area contributed by atoms with Gasteiger partial charge in [-0.15, -0.1) is 0 Å². The van der Waals surface area contributed by atoms with Crippen molar-refractivity contribution in [3.63, 3.8) is 0 Å². The molecule has 1 unspecified atom stereocenters. The second-order valence-corrected chi connectivity index (χ2v) is 5.68. The Labute approximate surface area is 117 Å². The SMILES string of the molecule is Cc1cc(C(=O)NCC(C)(O)C(C)C)c(Cl)cc1F. The van der Waals surface area contributed by atoms with Crippen molar-refractivity contribution in [3.8, 4) is 0 Å². The first-order valence-corrected chi connectivity index (χ1v) is 6.49. The van der Waals surface area contributed by atoms with E-state index in [0.29, 0.717) is 5.56 Å². The number of benzene rings is 1. The van der Waals surface area contributed by atoms with Gasteiger partial charge in [-0.2, -0.15) is 0 Å². The molecule has 106 valence electrons. The highest BCUT2D eigenvalue weighted by molar-refractivity contribution is 6.33. The maximum Gasteiger partial charge on any atom is 0.252 e.